The van der Waals surface area contributed by atoms with E-state index in [-0.39, 0.29) is 10.6 Å². The quantitative estimate of drug-likeness (QED) is 0.449. The molecule has 0 saturated carbocycles. The lowest BCUT2D eigenvalue weighted by Gasteiger charge is -2.08. The predicted molar refractivity (Wildman–Crippen MR) is 96.6 cm³/mol. The van der Waals surface area contributed by atoms with Crippen LogP contribution in [0, 0.1) is 12.7 Å². The summed E-state index contributed by atoms with van der Waals surface area (Å²) in [4.78, 5) is 24.6. The molecule has 0 atom stereocenters. The van der Waals surface area contributed by atoms with Gasteiger partial charge < -0.3 is 10.1 Å². The summed E-state index contributed by atoms with van der Waals surface area (Å²) in [7, 11) is 0. The minimum atomic E-state index is -0.965. The van der Waals surface area contributed by atoms with Crippen molar-refractivity contribution in [2.45, 2.75) is 11.8 Å². The fourth-order valence-corrected chi connectivity index (χ4v) is 2.95. The van der Waals surface area contributed by atoms with Crippen LogP contribution >= 0.6 is 23.4 Å². The Morgan fingerprint density at radius 3 is 2.60 bits per heavy atom. The van der Waals surface area contributed by atoms with Crippen molar-refractivity contribution in [1.29, 1.82) is 0 Å². The number of hydrogen-bond acceptors (Lipinski definition) is 4. The summed E-state index contributed by atoms with van der Waals surface area (Å²) in [5.74, 6) is -1.52. The molecule has 0 aliphatic rings. The Bertz CT molecular complexity index is 732. The first-order valence-electron chi connectivity index (χ1n) is 7.54. The van der Waals surface area contributed by atoms with Gasteiger partial charge in [0.2, 0.25) is 0 Å². The van der Waals surface area contributed by atoms with Crippen LogP contribution in [-0.2, 0) is 9.53 Å². The Kier molecular flexibility index (Phi) is 7.28. The number of nitrogens with one attached hydrogen (secondary N) is 1. The summed E-state index contributed by atoms with van der Waals surface area (Å²) >= 11 is 7.37. The van der Waals surface area contributed by atoms with Gasteiger partial charge in [0.05, 0.1) is 5.02 Å². The van der Waals surface area contributed by atoms with Gasteiger partial charge >= 0.3 is 5.97 Å². The van der Waals surface area contributed by atoms with E-state index in [4.69, 9.17) is 16.3 Å². The van der Waals surface area contributed by atoms with Crippen LogP contribution in [0.5, 0.6) is 0 Å². The fraction of sp³-hybridized carbons (Fsp3) is 0.222. The van der Waals surface area contributed by atoms with Gasteiger partial charge in [0.1, 0.15) is 11.4 Å². The molecule has 0 aliphatic heterocycles. The molecule has 0 aliphatic carbocycles. The molecule has 0 radical (unpaired) electrons. The number of carbonyl (C=O) groups excluding carboxylic acids is 2. The van der Waals surface area contributed by atoms with Crippen molar-refractivity contribution in [3.05, 3.63) is 64.4 Å². The maximum absolute atomic E-state index is 13.6. The molecule has 0 spiro atoms. The predicted octanol–water partition coefficient (Wildman–Crippen LogP) is 3.85. The summed E-state index contributed by atoms with van der Waals surface area (Å²) in [6.45, 7) is 1.96. The van der Waals surface area contributed by atoms with E-state index in [0.717, 1.165) is 11.0 Å². The molecule has 25 heavy (non-hydrogen) atoms. The summed E-state index contributed by atoms with van der Waals surface area (Å²) in [5, 5.41) is 2.58. The van der Waals surface area contributed by atoms with Crippen LogP contribution in [0.3, 0.4) is 0 Å². The van der Waals surface area contributed by atoms with Crippen LogP contribution in [0.4, 0.5) is 4.39 Å². The van der Waals surface area contributed by atoms with Crippen LogP contribution in [-0.4, -0.2) is 30.8 Å². The summed E-state index contributed by atoms with van der Waals surface area (Å²) in [5.41, 5.74) is 0.821. The molecule has 0 aromatic heterocycles. The van der Waals surface area contributed by atoms with E-state index in [2.05, 4.69) is 5.32 Å². The van der Waals surface area contributed by atoms with Crippen molar-refractivity contribution < 1.29 is 18.7 Å². The Hall–Kier alpha value is -2.05. The first-order chi connectivity index (χ1) is 12.0. The third-order valence-corrected chi connectivity index (χ3v) is 4.54. The molecular weight excluding hydrogens is 365 g/mol. The highest BCUT2D eigenvalue weighted by Gasteiger charge is 2.18. The Balaban J connectivity index is 1.70. The average Bonchev–Trinajstić information content (AvgIpc) is 2.58. The first kappa shape index (κ1) is 19.3. The molecule has 1 amide bonds. The number of ether oxygens (including phenoxy) is 1. The molecule has 0 unspecified atom stereocenters. The smallest absolute Gasteiger partial charge is 0.343 e. The second kappa shape index (κ2) is 9.44. The highest BCUT2D eigenvalue weighted by atomic mass is 35.5. The van der Waals surface area contributed by atoms with Gasteiger partial charge in [-0.25, -0.2) is 9.18 Å². The van der Waals surface area contributed by atoms with Gasteiger partial charge in [-0.3, -0.25) is 4.79 Å². The van der Waals surface area contributed by atoms with Crippen molar-refractivity contribution in [2.75, 3.05) is 18.9 Å². The Labute approximate surface area is 154 Å². The van der Waals surface area contributed by atoms with Gasteiger partial charge in [-0.15, -0.1) is 11.8 Å². The molecule has 2 aromatic carbocycles. The Morgan fingerprint density at radius 2 is 1.92 bits per heavy atom. The van der Waals surface area contributed by atoms with Crippen molar-refractivity contribution in [2.24, 2.45) is 0 Å². The molecule has 0 saturated heterocycles. The van der Waals surface area contributed by atoms with Crippen LogP contribution in [0.2, 0.25) is 5.02 Å². The first-order valence-corrected chi connectivity index (χ1v) is 8.91. The van der Waals surface area contributed by atoms with E-state index in [9.17, 15) is 14.0 Å². The van der Waals surface area contributed by atoms with Crippen molar-refractivity contribution in [3.63, 3.8) is 0 Å². The zero-order valence-corrected chi connectivity index (χ0v) is 15.1. The van der Waals surface area contributed by atoms with Crippen LogP contribution in [0.25, 0.3) is 0 Å². The third-order valence-electron chi connectivity index (χ3n) is 3.22. The topological polar surface area (TPSA) is 55.4 Å². The zero-order valence-electron chi connectivity index (χ0n) is 13.6. The van der Waals surface area contributed by atoms with E-state index < -0.39 is 24.3 Å². The van der Waals surface area contributed by atoms with E-state index in [1.807, 2.05) is 31.2 Å². The number of benzene rings is 2. The van der Waals surface area contributed by atoms with Gasteiger partial charge in [0.25, 0.3) is 5.91 Å². The van der Waals surface area contributed by atoms with Gasteiger partial charge in [0, 0.05) is 17.2 Å². The lowest BCUT2D eigenvalue weighted by Crippen LogP contribution is -2.30. The third kappa shape index (κ3) is 6.07. The molecule has 4 nitrogen and oxygen atoms in total. The highest BCUT2D eigenvalue weighted by Crippen LogP contribution is 2.20. The number of halogens is 2. The monoisotopic (exact) mass is 381 g/mol. The normalized spacial score (nSPS) is 10.4. The van der Waals surface area contributed by atoms with Gasteiger partial charge in [-0.05, 0) is 31.2 Å². The molecule has 7 heteroatoms. The highest BCUT2D eigenvalue weighted by molar-refractivity contribution is 7.99. The minimum absolute atomic E-state index is 0.0556. The molecule has 132 valence electrons. The number of hydrogen-bond donors (Lipinski definition) is 1. The molecule has 1 N–H and O–H groups in total. The molecule has 0 bridgehead atoms. The minimum Gasteiger partial charge on any atom is -0.452 e. The van der Waals surface area contributed by atoms with E-state index in [0.29, 0.717) is 12.3 Å². The number of carbonyl (C=O) groups is 2. The number of amides is 1. The van der Waals surface area contributed by atoms with Crippen molar-refractivity contribution >= 4 is 35.2 Å². The molecule has 0 heterocycles. The number of aryl methyl sites for hydroxylation is 1. The van der Waals surface area contributed by atoms with Gasteiger partial charge in [-0.1, -0.05) is 35.4 Å². The maximum Gasteiger partial charge on any atom is 0.343 e. The van der Waals surface area contributed by atoms with Crippen LogP contribution in [0.1, 0.15) is 15.9 Å². The standard InChI is InChI=1S/C18H17ClFNO3S/c1-12-5-7-13(8-6-12)25-10-9-21-16(22)11-24-18(23)17-14(19)3-2-4-15(17)20/h2-8H,9-11H2,1H3,(H,21,22). The molecule has 2 rings (SSSR count). The molecule has 0 fully saturated rings. The van der Waals surface area contributed by atoms with Crippen molar-refractivity contribution in [3.8, 4) is 0 Å². The maximum atomic E-state index is 13.6. The van der Waals surface area contributed by atoms with E-state index in [1.165, 1.54) is 17.7 Å². The average molecular weight is 382 g/mol. The molecular formula is C18H17ClFNO3S. The van der Waals surface area contributed by atoms with Crippen molar-refractivity contribution in [1.82, 2.24) is 5.32 Å². The van der Waals surface area contributed by atoms with Gasteiger partial charge in [0.15, 0.2) is 6.61 Å². The second-order valence-electron chi connectivity index (χ2n) is 5.18. The SMILES string of the molecule is Cc1ccc(SCCNC(=O)COC(=O)c2c(F)cccc2Cl)cc1. The summed E-state index contributed by atoms with van der Waals surface area (Å²) in [6.07, 6.45) is 0. The number of esters is 1. The largest absolute Gasteiger partial charge is 0.452 e. The summed E-state index contributed by atoms with van der Waals surface area (Å²) < 4.78 is 18.4. The van der Waals surface area contributed by atoms with Gasteiger partial charge in [-0.2, -0.15) is 0 Å². The lowest BCUT2D eigenvalue weighted by molar-refractivity contribution is -0.124. The molecule has 2 aromatic rings. The van der Waals surface area contributed by atoms with Crippen LogP contribution in [0.15, 0.2) is 47.4 Å². The Morgan fingerprint density at radius 1 is 1.20 bits per heavy atom. The number of thioether (sulfide) groups is 1. The lowest BCUT2D eigenvalue weighted by atomic mass is 10.2. The van der Waals surface area contributed by atoms with E-state index >= 15 is 0 Å². The summed E-state index contributed by atoms with van der Waals surface area (Å²) in [6, 6.07) is 11.9. The van der Waals surface area contributed by atoms with E-state index in [1.54, 1.807) is 11.8 Å². The number of rotatable bonds is 7. The second-order valence-corrected chi connectivity index (χ2v) is 6.76. The fourth-order valence-electron chi connectivity index (χ4n) is 1.94. The van der Waals surface area contributed by atoms with Crippen LogP contribution < -0.4 is 5.32 Å². The zero-order chi connectivity index (χ0) is 18.2.